The third-order valence-corrected chi connectivity index (χ3v) is 5.25. The van der Waals surface area contributed by atoms with E-state index in [1.807, 2.05) is 24.3 Å². The monoisotopic (exact) mass is 366 g/mol. The molecule has 1 amide bonds. The molecule has 0 unspecified atom stereocenters. The van der Waals surface area contributed by atoms with E-state index in [0.717, 1.165) is 19.0 Å². The number of piperidine rings is 1. The van der Waals surface area contributed by atoms with Crippen LogP contribution < -0.4 is 10.2 Å². The molecule has 27 heavy (non-hydrogen) atoms. The quantitative estimate of drug-likeness (QED) is 0.753. The highest BCUT2D eigenvalue weighted by Crippen LogP contribution is 2.24. The summed E-state index contributed by atoms with van der Waals surface area (Å²) >= 11 is 0. The van der Waals surface area contributed by atoms with Gasteiger partial charge < -0.3 is 10.2 Å². The van der Waals surface area contributed by atoms with Gasteiger partial charge in [0, 0.05) is 30.7 Å². The van der Waals surface area contributed by atoms with Gasteiger partial charge in [-0.05, 0) is 62.1 Å². The van der Waals surface area contributed by atoms with Gasteiger partial charge in [0.05, 0.1) is 5.69 Å². The molecule has 3 aromatic rings. The molecule has 0 radical (unpaired) electrons. The first-order chi connectivity index (χ1) is 13.0. The summed E-state index contributed by atoms with van der Waals surface area (Å²) in [4.78, 5) is 19.4. The molecule has 140 valence electrons. The number of halogens is 1. The predicted molar refractivity (Wildman–Crippen MR) is 105 cm³/mol. The molecule has 5 nitrogen and oxygen atoms in total. The molecule has 1 aromatic carbocycles. The van der Waals surface area contributed by atoms with E-state index >= 15 is 0 Å². The minimum Gasteiger partial charge on any atom is -0.372 e. The summed E-state index contributed by atoms with van der Waals surface area (Å²) in [6.45, 7) is 6.18. The highest BCUT2D eigenvalue weighted by molar-refractivity contribution is 6.04. The van der Waals surface area contributed by atoms with Gasteiger partial charge in [0.15, 0.2) is 0 Å². The number of amides is 1. The molecule has 1 aliphatic heterocycles. The Morgan fingerprint density at radius 1 is 1.15 bits per heavy atom. The number of aryl methyl sites for hydroxylation is 1. The van der Waals surface area contributed by atoms with Crippen LogP contribution in [0.4, 0.5) is 15.8 Å². The van der Waals surface area contributed by atoms with Gasteiger partial charge in [0.2, 0.25) is 0 Å². The first kappa shape index (κ1) is 17.5. The molecule has 0 aliphatic carbocycles. The molecular weight excluding hydrogens is 343 g/mol. The zero-order chi connectivity index (χ0) is 19.0. The molecule has 1 aliphatic rings. The van der Waals surface area contributed by atoms with Crippen LogP contribution in [0.3, 0.4) is 0 Å². The molecule has 4 rings (SSSR count). The van der Waals surface area contributed by atoms with Gasteiger partial charge in [-0.3, -0.25) is 9.20 Å². The smallest absolute Gasteiger partial charge is 0.274 e. The molecule has 0 spiro atoms. The second-order valence-corrected chi connectivity index (χ2v) is 7.29. The lowest BCUT2D eigenvalue weighted by Gasteiger charge is -2.32. The van der Waals surface area contributed by atoms with Gasteiger partial charge in [0.1, 0.15) is 17.2 Å². The molecule has 1 saturated heterocycles. The van der Waals surface area contributed by atoms with E-state index in [2.05, 4.69) is 22.1 Å². The number of fused-ring (bicyclic) bond motifs is 1. The van der Waals surface area contributed by atoms with Crippen molar-refractivity contribution in [1.82, 2.24) is 9.38 Å². The van der Waals surface area contributed by atoms with Crippen molar-refractivity contribution in [1.29, 1.82) is 0 Å². The van der Waals surface area contributed by atoms with Crippen molar-refractivity contribution in [3.8, 4) is 0 Å². The molecular formula is C21H23FN4O. The number of carbonyl (C=O) groups is 1. The summed E-state index contributed by atoms with van der Waals surface area (Å²) in [7, 11) is 0. The van der Waals surface area contributed by atoms with Crippen molar-refractivity contribution < 1.29 is 9.18 Å². The lowest BCUT2D eigenvalue weighted by Crippen LogP contribution is -2.32. The van der Waals surface area contributed by atoms with Gasteiger partial charge in [-0.15, -0.1) is 0 Å². The summed E-state index contributed by atoms with van der Waals surface area (Å²) in [6, 6.07) is 10.8. The predicted octanol–water partition coefficient (Wildman–Crippen LogP) is 4.27. The summed E-state index contributed by atoms with van der Waals surface area (Å²) in [5, 5.41) is 2.89. The number of hydrogen-bond acceptors (Lipinski definition) is 3. The number of hydrogen-bond donors (Lipinski definition) is 1. The third kappa shape index (κ3) is 3.52. The topological polar surface area (TPSA) is 49.6 Å². The van der Waals surface area contributed by atoms with Crippen LogP contribution >= 0.6 is 0 Å². The zero-order valence-corrected chi connectivity index (χ0v) is 15.6. The van der Waals surface area contributed by atoms with Crippen molar-refractivity contribution in [3.63, 3.8) is 0 Å². The van der Waals surface area contributed by atoms with E-state index in [1.54, 1.807) is 13.0 Å². The zero-order valence-electron chi connectivity index (χ0n) is 15.6. The van der Waals surface area contributed by atoms with Gasteiger partial charge >= 0.3 is 0 Å². The summed E-state index contributed by atoms with van der Waals surface area (Å²) < 4.78 is 15.1. The number of imidazole rings is 1. The van der Waals surface area contributed by atoms with Crippen LogP contribution in [0.1, 0.15) is 35.9 Å². The first-order valence-electron chi connectivity index (χ1n) is 9.32. The number of aromatic nitrogens is 2. The fraction of sp³-hybridized carbons (Fsp3) is 0.333. The SMILES string of the molecule is Cc1nc2ccc(F)cn2c1C(=O)Nc1ccc(N2CCC(C)CC2)cc1. The van der Waals surface area contributed by atoms with Gasteiger partial charge in [-0.1, -0.05) is 6.92 Å². The van der Waals surface area contributed by atoms with Crippen molar-refractivity contribution in [2.75, 3.05) is 23.3 Å². The largest absolute Gasteiger partial charge is 0.372 e. The summed E-state index contributed by atoms with van der Waals surface area (Å²) in [5.41, 5.74) is 3.34. The van der Waals surface area contributed by atoms with Crippen molar-refractivity contribution in [2.45, 2.75) is 26.7 Å². The molecule has 6 heteroatoms. The molecule has 0 atom stereocenters. The molecule has 3 heterocycles. The maximum atomic E-state index is 13.6. The van der Waals surface area contributed by atoms with Crippen molar-refractivity contribution in [3.05, 3.63) is 59.8 Å². The van der Waals surface area contributed by atoms with Crippen LogP contribution in [0.25, 0.3) is 5.65 Å². The van der Waals surface area contributed by atoms with E-state index in [4.69, 9.17) is 0 Å². The standard InChI is InChI=1S/C21H23FN4O/c1-14-9-11-25(12-10-14)18-6-4-17(5-7-18)24-21(27)20-15(2)23-19-8-3-16(22)13-26(19)20/h3-8,13-14H,9-12H2,1-2H3,(H,24,27). The Balaban J connectivity index is 1.52. The second-order valence-electron chi connectivity index (χ2n) is 7.29. The number of rotatable bonds is 3. The second kappa shape index (κ2) is 7.02. The van der Waals surface area contributed by atoms with Crippen LogP contribution in [-0.2, 0) is 0 Å². The number of nitrogens with one attached hydrogen (secondary N) is 1. The number of nitrogens with zero attached hydrogens (tertiary/aromatic N) is 3. The average Bonchev–Trinajstić information content (AvgIpc) is 2.98. The maximum absolute atomic E-state index is 13.6. The van der Waals surface area contributed by atoms with Crippen LogP contribution in [0.2, 0.25) is 0 Å². The molecule has 1 fully saturated rings. The molecule has 0 saturated carbocycles. The van der Waals surface area contributed by atoms with Crippen molar-refractivity contribution in [2.24, 2.45) is 5.92 Å². The lowest BCUT2D eigenvalue weighted by molar-refractivity contribution is 0.102. The number of pyridine rings is 1. The third-order valence-electron chi connectivity index (χ3n) is 5.25. The lowest BCUT2D eigenvalue weighted by atomic mass is 9.99. The normalized spacial score (nSPS) is 15.3. The maximum Gasteiger partial charge on any atom is 0.274 e. The number of benzene rings is 1. The van der Waals surface area contributed by atoms with E-state index in [1.165, 1.54) is 35.2 Å². The van der Waals surface area contributed by atoms with Crippen LogP contribution in [0, 0.1) is 18.7 Å². The van der Waals surface area contributed by atoms with Gasteiger partial charge in [-0.25, -0.2) is 9.37 Å². The fourth-order valence-corrected chi connectivity index (χ4v) is 3.62. The molecule has 0 bridgehead atoms. The first-order valence-corrected chi connectivity index (χ1v) is 9.32. The minimum atomic E-state index is -0.408. The van der Waals surface area contributed by atoms with E-state index in [9.17, 15) is 9.18 Å². The Hall–Kier alpha value is -2.89. The van der Waals surface area contributed by atoms with E-state index in [-0.39, 0.29) is 5.91 Å². The van der Waals surface area contributed by atoms with E-state index < -0.39 is 5.82 Å². The average molecular weight is 366 g/mol. The van der Waals surface area contributed by atoms with Crippen LogP contribution in [-0.4, -0.2) is 28.4 Å². The Bertz CT molecular complexity index is 972. The Kier molecular flexibility index (Phi) is 4.56. The Labute approximate surface area is 157 Å². The number of carbonyl (C=O) groups excluding carboxylic acids is 1. The summed E-state index contributed by atoms with van der Waals surface area (Å²) in [6.07, 6.45) is 3.70. The van der Waals surface area contributed by atoms with E-state index in [0.29, 0.717) is 22.7 Å². The van der Waals surface area contributed by atoms with Crippen molar-refractivity contribution >= 4 is 22.9 Å². The van der Waals surface area contributed by atoms with Crippen LogP contribution in [0.15, 0.2) is 42.6 Å². The fourth-order valence-electron chi connectivity index (χ4n) is 3.62. The van der Waals surface area contributed by atoms with Gasteiger partial charge in [-0.2, -0.15) is 0 Å². The molecule has 2 aromatic heterocycles. The molecule has 1 N–H and O–H groups in total. The van der Waals surface area contributed by atoms with Gasteiger partial charge in [0.25, 0.3) is 5.91 Å². The summed E-state index contributed by atoms with van der Waals surface area (Å²) in [5.74, 6) is 0.0812. The highest BCUT2D eigenvalue weighted by Gasteiger charge is 2.18. The minimum absolute atomic E-state index is 0.301. The Morgan fingerprint density at radius 3 is 2.56 bits per heavy atom. The Morgan fingerprint density at radius 2 is 1.85 bits per heavy atom. The number of anilines is 2. The van der Waals surface area contributed by atoms with Crippen LogP contribution in [0.5, 0.6) is 0 Å². The highest BCUT2D eigenvalue weighted by atomic mass is 19.1.